The van der Waals surface area contributed by atoms with Crippen molar-refractivity contribution in [3.8, 4) is 0 Å². The number of hydrogen-bond donors (Lipinski definition) is 0. The van der Waals surface area contributed by atoms with E-state index in [-0.39, 0.29) is 0 Å². The van der Waals surface area contributed by atoms with E-state index in [1.165, 1.54) is 30.4 Å². The summed E-state index contributed by atoms with van der Waals surface area (Å²) in [5.41, 5.74) is 3.14. The molecule has 0 fully saturated rings. The summed E-state index contributed by atoms with van der Waals surface area (Å²) in [6, 6.07) is 21.2. The summed E-state index contributed by atoms with van der Waals surface area (Å²) in [5, 5.41) is 4.79. The molecule has 0 spiro atoms. The van der Waals surface area contributed by atoms with Gasteiger partial charge in [-0.15, -0.1) is 0 Å². The average Bonchev–Trinajstić information content (AvgIpc) is 3.36. The first-order chi connectivity index (χ1) is 16.2. The number of nitrogens with zero attached hydrogens (tertiary/aromatic N) is 4. The van der Waals surface area contributed by atoms with E-state index < -0.39 is 0 Å². The van der Waals surface area contributed by atoms with Crippen LogP contribution in [0, 0.1) is 0 Å². The Morgan fingerprint density at radius 3 is 2.42 bits per heavy atom. The first kappa shape index (κ1) is 20.4. The standard InChI is InChI=1S/C27H23N4S2/c1-3-30-24(32-22-16-18-10-5-7-12-20(18)28-26(22)30)14-9-15-25-31(4-2)27-23(33-25)17-19-11-6-8-13-21(19)29-27/h5-17H,3-4H2,1-2H3/q+1. The highest BCUT2D eigenvalue weighted by Crippen LogP contribution is 2.45. The fourth-order valence-corrected chi connectivity index (χ4v) is 6.59. The van der Waals surface area contributed by atoms with Crippen LogP contribution in [0.5, 0.6) is 0 Å². The molecule has 4 heterocycles. The highest BCUT2D eigenvalue weighted by Gasteiger charge is 2.25. The summed E-state index contributed by atoms with van der Waals surface area (Å²) < 4.78 is 3.51. The second-order valence-electron chi connectivity index (χ2n) is 7.90. The molecule has 0 amide bonds. The predicted molar refractivity (Wildman–Crippen MR) is 141 cm³/mol. The van der Waals surface area contributed by atoms with Gasteiger partial charge in [0.25, 0.3) is 0 Å². The van der Waals surface area contributed by atoms with Crippen LogP contribution in [-0.4, -0.2) is 16.5 Å². The van der Waals surface area contributed by atoms with Crippen molar-refractivity contribution >= 4 is 67.1 Å². The Kier molecular flexibility index (Phi) is 5.12. The van der Waals surface area contributed by atoms with Crippen molar-refractivity contribution in [2.45, 2.75) is 25.3 Å². The topological polar surface area (TPSA) is 32.9 Å². The van der Waals surface area contributed by atoms with Crippen LogP contribution < -0.4 is 9.47 Å². The van der Waals surface area contributed by atoms with Crippen LogP contribution >= 0.6 is 23.1 Å². The quantitative estimate of drug-likeness (QED) is 0.272. The molecule has 33 heavy (non-hydrogen) atoms. The molecule has 2 aromatic carbocycles. The molecular formula is C27H23N4S2+. The van der Waals surface area contributed by atoms with Crippen molar-refractivity contribution in [2.75, 3.05) is 11.4 Å². The molecule has 0 N–H and O–H groups in total. The van der Waals surface area contributed by atoms with E-state index in [1.807, 2.05) is 12.1 Å². The third-order valence-electron chi connectivity index (χ3n) is 5.92. The van der Waals surface area contributed by atoms with Crippen LogP contribution in [0.4, 0.5) is 5.82 Å². The van der Waals surface area contributed by atoms with E-state index in [0.717, 1.165) is 35.6 Å². The highest BCUT2D eigenvalue weighted by molar-refractivity contribution is 8.03. The molecule has 6 rings (SSSR count). The smallest absolute Gasteiger partial charge is 0.320 e. The third-order valence-corrected chi connectivity index (χ3v) is 8.09. The van der Waals surface area contributed by atoms with Gasteiger partial charge in [-0.05, 0) is 55.2 Å². The second-order valence-corrected chi connectivity index (χ2v) is 10.0. The first-order valence-corrected chi connectivity index (χ1v) is 12.8. The van der Waals surface area contributed by atoms with Gasteiger partial charge in [-0.25, -0.2) is 9.55 Å². The lowest BCUT2D eigenvalue weighted by atomic mass is 10.2. The number of fused-ring (bicyclic) bond motifs is 4. The number of hydrogen-bond acceptors (Lipinski definition) is 5. The number of aromatic nitrogens is 3. The molecule has 3 aromatic heterocycles. The van der Waals surface area contributed by atoms with E-state index >= 15 is 0 Å². The van der Waals surface area contributed by atoms with Gasteiger partial charge >= 0.3 is 5.65 Å². The zero-order valence-corrected chi connectivity index (χ0v) is 20.2. The number of allylic oxidation sites excluding steroid dienone is 2. The zero-order chi connectivity index (χ0) is 22.4. The maximum Gasteiger partial charge on any atom is 0.342 e. The van der Waals surface area contributed by atoms with Crippen molar-refractivity contribution in [2.24, 2.45) is 0 Å². The summed E-state index contributed by atoms with van der Waals surface area (Å²) in [4.78, 5) is 13.4. The molecule has 5 aromatic rings. The fraction of sp³-hybridized carbons (Fsp3) is 0.148. The van der Waals surface area contributed by atoms with Gasteiger partial charge in [0.05, 0.1) is 22.0 Å². The SMILES string of the molecule is CCN1/C(=C/C=C/c2sc3cc4ccccc4nc3[n+]2CC)Sc2cc3ccccc3nc21. The summed E-state index contributed by atoms with van der Waals surface area (Å²) >= 11 is 3.59. The van der Waals surface area contributed by atoms with Gasteiger partial charge in [0.2, 0.25) is 0 Å². The summed E-state index contributed by atoms with van der Waals surface area (Å²) in [5.74, 6) is 1.06. The molecule has 0 saturated carbocycles. The van der Waals surface area contributed by atoms with E-state index in [0.29, 0.717) is 0 Å². The van der Waals surface area contributed by atoms with Gasteiger partial charge in [-0.1, -0.05) is 65.6 Å². The molecule has 0 atom stereocenters. The lowest BCUT2D eigenvalue weighted by molar-refractivity contribution is -0.666. The Morgan fingerprint density at radius 1 is 0.939 bits per heavy atom. The molecule has 0 aliphatic carbocycles. The molecule has 1 aliphatic heterocycles. The molecule has 0 unspecified atom stereocenters. The number of rotatable bonds is 4. The Labute approximate surface area is 200 Å². The number of thioether (sulfide) groups is 1. The minimum absolute atomic E-state index is 0.888. The van der Waals surface area contributed by atoms with Gasteiger partial charge in [0.15, 0.2) is 10.5 Å². The predicted octanol–water partition coefficient (Wildman–Crippen LogP) is 6.79. The molecule has 0 radical (unpaired) electrons. The normalized spacial score (nSPS) is 15.0. The number of anilines is 1. The number of thiazole rings is 1. The van der Waals surface area contributed by atoms with Crippen molar-refractivity contribution in [1.82, 2.24) is 9.97 Å². The molecule has 1 aliphatic rings. The lowest BCUT2D eigenvalue weighted by Gasteiger charge is -2.16. The maximum absolute atomic E-state index is 4.94. The largest absolute Gasteiger partial charge is 0.342 e. The summed E-state index contributed by atoms with van der Waals surface area (Å²) in [7, 11) is 0. The minimum Gasteiger partial charge on any atom is -0.320 e. The number of pyridine rings is 2. The maximum atomic E-state index is 4.94. The summed E-state index contributed by atoms with van der Waals surface area (Å²) in [6.07, 6.45) is 6.57. The Bertz CT molecular complexity index is 1580. The van der Waals surface area contributed by atoms with Gasteiger partial charge in [-0.2, -0.15) is 0 Å². The van der Waals surface area contributed by atoms with Gasteiger partial charge < -0.3 is 4.90 Å². The number of benzene rings is 2. The zero-order valence-electron chi connectivity index (χ0n) is 18.5. The fourth-order valence-electron chi connectivity index (χ4n) is 4.33. The molecular weight excluding hydrogens is 444 g/mol. The molecule has 6 heteroatoms. The van der Waals surface area contributed by atoms with Crippen LogP contribution in [0.3, 0.4) is 0 Å². The third kappa shape index (κ3) is 3.50. The van der Waals surface area contributed by atoms with E-state index in [4.69, 9.17) is 9.97 Å². The van der Waals surface area contributed by atoms with Crippen molar-refractivity contribution < 1.29 is 4.57 Å². The van der Waals surface area contributed by atoms with Crippen LogP contribution in [0.1, 0.15) is 18.9 Å². The number of para-hydroxylation sites is 2. The minimum atomic E-state index is 0.888. The lowest BCUT2D eigenvalue weighted by Crippen LogP contribution is -2.34. The van der Waals surface area contributed by atoms with Gasteiger partial charge in [-0.3, -0.25) is 0 Å². The monoisotopic (exact) mass is 467 g/mol. The van der Waals surface area contributed by atoms with Crippen LogP contribution in [-0.2, 0) is 6.54 Å². The van der Waals surface area contributed by atoms with E-state index in [2.05, 4.69) is 90.1 Å². The number of aryl methyl sites for hydroxylation is 1. The van der Waals surface area contributed by atoms with Crippen LogP contribution in [0.2, 0.25) is 0 Å². The van der Waals surface area contributed by atoms with Gasteiger partial charge in [0, 0.05) is 17.3 Å². The Balaban J connectivity index is 1.36. The Morgan fingerprint density at radius 2 is 1.67 bits per heavy atom. The highest BCUT2D eigenvalue weighted by atomic mass is 32.2. The van der Waals surface area contributed by atoms with E-state index in [9.17, 15) is 0 Å². The molecule has 4 nitrogen and oxygen atoms in total. The molecule has 162 valence electrons. The first-order valence-electron chi connectivity index (χ1n) is 11.2. The summed E-state index contributed by atoms with van der Waals surface area (Å²) in [6.45, 7) is 6.13. The molecule has 0 saturated heterocycles. The second kappa shape index (κ2) is 8.28. The molecule has 0 bridgehead atoms. The van der Waals surface area contributed by atoms with E-state index in [1.54, 1.807) is 23.1 Å². The average molecular weight is 468 g/mol. The Hall–Kier alpha value is -3.22. The van der Waals surface area contributed by atoms with Gasteiger partial charge in [0.1, 0.15) is 10.5 Å². The van der Waals surface area contributed by atoms with Crippen molar-refractivity contribution in [3.63, 3.8) is 0 Å². The van der Waals surface area contributed by atoms with Crippen molar-refractivity contribution in [3.05, 3.63) is 82.9 Å². The van der Waals surface area contributed by atoms with Crippen molar-refractivity contribution in [1.29, 1.82) is 0 Å². The van der Waals surface area contributed by atoms with Crippen LogP contribution in [0.15, 0.2) is 82.7 Å². The van der Waals surface area contributed by atoms with Crippen LogP contribution in [0.25, 0.3) is 38.2 Å².